The lowest BCUT2D eigenvalue weighted by molar-refractivity contribution is -0.384. The van der Waals surface area contributed by atoms with Crippen LogP contribution in [-0.4, -0.2) is 16.9 Å². The summed E-state index contributed by atoms with van der Waals surface area (Å²) in [6, 6.07) is 4.18. The van der Waals surface area contributed by atoms with Crippen molar-refractivity contribution in [3.63, 3.8) is 0 Å². The van der Waals surface area contributed by atoms with Crippen LogP contribution in [-0.2, 0) is 0 Å². The Morgan fingerprint density at radius 3 is 2.57 bits per heavy atom. The van der Waals surface area contributed by atoms with Crippen molar-refractivity contribution in [1.29, 1.82) is 0 Å². The summed E-state index contributed by atoms with van der Waals surface area (Å²) in [5, 5.41) is 13.7. The maximum atomic E-state index is 12.2. The number of hydrogen-bond acceptors (Lipinski definition) is 3. The first-order valence-corrected chi connectivity index (χ1v) is 7.62. The molecule has 0 aliphatic rings. The number of rotatable bonds is 8. The predicted octanol–water partition coefficient (Wildman–Crippen LogP) is 4.34. The van der Waals surface area contributed by atoms with Gasteiger partial charge in [0.1, 0.15) is 5.02 Å². The van der Waals surface area contributed by atoms with E-state index < -0.39 is 4.92 Å². The summed E-state index contributed by atoms with van der Waals surface area (Å²) < 4.78 is 0. The number of carbonyl (C=O) groups excluding carboxylic acids is 1. The number of benzene rings is 1. The number of hydrogen-bond donors (Lipinski definition) is 1. The van der Waals surface area contributed by atoms with Gasteiger partial charge in [-0.05, 0) is 25.0 Å². The van der Waals surface area contributed by atoms with E-state index in [0.717, 1.165) is 32.1 Å². The molecule has 116 valence electrons. The lowest BCUT2D eigenvalue weighted by atomic mass is 10.0. The number of carbonyl (C=O) groups is 1. The molecule has 0 radical (unpaired) electrons. The number of unbranched alkanes of at least 4 members (excludes halogenated alkanes) is 1. The molecule has 1 aromatic carbocycles. The maximum absolute atomic E-state index is 12.2. The Hall–Kier alpha value is -1.62. The Kier molecular flexibility index (Phi) is 7.15. The van der Waals surface area contributed by atoms with Gasteiger partial charge in [0, 0.05) is 17.7 Å². The Bertz CT molecular complexity index is 506. The molecule has 1 unspecified atom stereocenters. The van der Waals surface area contributed by atoms with Gasteiger partial charge in [0.05, 0.1) is 4.92 Å². The van der Waals surface area contributed by atoms with Crippen LogP contribution < -0.4 is 5.32 Å². The van der Waals surface area contributed by atoms with Gasteiger partial charge in [0.15, 0.2) is 0 Å². The average Bonchev–Trinajstić information content (AvgIpc) is 2.44. The van der Waals surface area contributed by atoms with Gasteiger partial charge in [-0.2, -0.15) is 0 Å². The number of nitro groups is 1. The van der Waals surface area contributed by atoms with Crippen LogP contribution in [0.5, 0.6) is 0 Å². The zero-order chi connectivity index (χ0) is 15.8. The number of nitrogens with one attached hydrogen (secondary N) is 1. The van der Waals surface area contributed by atoms with Crippen LogP contribution in [0.2, 0.25) is 5.02 Å². The van der Waals surface area contributed by atoms with Gasteiger partial charge in [-0.25, -0.2) is 0 Å². The summed E-state index contributed by atoms with van der Waals surface area (Å²) in [6.07, 6.45) is 5.00. The highest BCUT2D eigenvalue weighted by Crippen LogP contribution is 2.25. The monoisotopic (exact) mass is 312 g/mol. The molecule has 0 aromatic heterocycles. The molecule has 1 amide bonds. The molecule has 21 heavy (non-hydrogen) atoms. The molecule has 0 saturated carbocycles. The normalized spacial score (nSPS) is 12.0. The van der Waals surface area contributed by atoms with Crippen molar-refractivity contribution in [2.45, 2.75) is 52.0 Å². The molecular formula is C15H21ClN2O3. The largest absolute Gasteiger partial charge is 0.349 e. The summed E-state index contributed by atoms with van der Waals surface area (Å²) in [5.74, 6) is -0.235. The van der Waals surface area contributed by atoms with E-state index in [9.17, 15) is 14.9 Å². The molecule has 5 nitrogen and oxygen atoms in total. The van der Waals surface area contributed by atoms with Crippen molar-refractivity contribution in [3.05, 3.63) is 38.9 Å². The molecule has 1 N–H and O–H groups in total. The van der Waals surface area contributed by atoms with Crippen LogP contribution in [0.15, 0.2) is 18.2 Å². The molecule has 1 rings (SSSR count). The highest BCUT2D eigenvalue weighted by molar-refractivity contribution is 6.33. The van der Waals surface area contributed by atoms with Gasteiger partial charge >= 0.3 is 0 Å². The summed E-state index contributed by atoms with van der Waals surface area (Å²) in [4.78, 5) is 22.3. The fourth-order valence-electron chi connectivity index (χ4n) is 2.15. The minimum Gasteiger partial charge on any atom is -0.349 e. The molecule has 0 bridgehead atoms. The van der Waals surface area contributed by atoms with Crippen molar-refractivity contribution >= 4 is 23.2 Å². The Balaban J connectivity index is 2.77. The molecule has 6 heteroatoms. The zero-order valence-corrected chi connectivity index (χ0v) is 13.2. The Morgan fingerprint density at radius 2 is 2.05 bits per heavy atom. The zero-order valence-electron chi connectivity index (χ0n) is 12.4. The van der Waals surface area contributed by atoms with E-state index >= 15 is 0 Å². The molecular weight excluding hydrogens is 292 g/mol. The first-order valence-electron chi connectivity index (χ1n) is 7.24. The van der Waals surface area contributed by atoms with Crippen molar-refractivity contribution in [1.82, 2.24) is 5.32 Å². The summed E-state index contributed by atoms with van der Waals surface area (Å²) in [5.41, 5.74) is 0.160. The SMILES string of the molecule is CCCCC(CCC)NC(=O)c1ccc([N+](=O)[O-])c(Cl)c1. The van der Waals surface area contributed by atoms with E-state index in [1.165, 1.54) is 18.2 Å². The van der Waals surface area contributed by atoms with Gasteiger partial charge in [-0.1, -0.05) is 44.7 Å². The van der Waals surface area contributed by atoms with E-state index in [1.807, 2.05) is 0 Å². The second-order valence-electron chi connectivity index (χ2n) is 5.02. The van der Waals surface area contributed by atoms with E-state index in [4.69, 9.17) is 11.6 Å². The Morgan fingerprint density at radius 1 is 1.33 bits per heavy atom. The predicted molar refractivity (Wildman–Crippen MR) is 83.8 cm³/mol. The van der Waals surface area contributed by atoms with Gasteiger partial charge in [0.25, 0.3) is 11.6 Å². The van der Waals surface area contributed by atoms with Gasteiger partial charge in [-0.3, -0.25) is 14.9 Å². The highest BCUT2D eigenvalue weighted by Gasteiger charge is 2.17. The van der Waals surface area contributed by atoms with Crippen LogP contribution in [0.4, 0.5) is 5.69 Å². The third kappa shape index (κ3) is 5.34. The number of nitro benzene ring substituents is 1. The fraction of sp³-hybridized carbons (Fsp3) is 0.533. The topological polar surface area (TPSA) is 72.2 Å². The Labute approximate surface area is 129 Å². The molecule has 1 atom stereocenters. The molecule has 0 heterocycles. The van der Waals surface area contributed by atoms with Gasteiger partial charge in [-0.15, -0.1) is 0 Å². The second kappa shape index (κ2) is 8.62. The maximum Gasteiger partial charge on any atom is 0.287 e. The third-order valence-corrected chi connectivity index (χ3v) is 3.59. The quantitative estimate of drug-likeness (QED) is 0.573. The van der Waals surface area contributed by atoms with Crippen molar-refractivity contribution in [2.24, 2.45) is 0 Å². The van der Waals surface area contributed by atoms with Crippen LogP contribution >= 0.6 is 11.6 Å². The highest BCUT2D eigenvalue weighted by atomic mass is 35.5. The summed E-state index contributed by atoms with van der Waals surface area (Å²) in [6.45, 7) is 4.19. The van der Waals surface area contributed by atoms with E-state index in [1.54, 1.807) is 0 Å². The van der Waals surface area contributed by atoms with E-state index in [-0.39, 0.29) is 22.7 Å². The molecule has 0 spiro atoms. The number of halogens is 1. The standard InChI is InChI=1S/C15H21ClN2O3/c1-3-5-7-12(6-4-2)17-15(19)11-8-9-14(18(20)21)13(16)10-11/h8-10,12H,3-7H2,1-2H3,(H,17,19). The fourth-order valence-corrected chi connectivity index (χ4v) is 2.40. The van der Waals surface area contributed by atoms with Gasteiger partial charge < -0.3 is 5.32 Å². The average molecular weight is 313 g/mol. The number of amides is 1. The van der Waals surface area contributed by atoms with Crippen LogP contribution in [0.1, 0.15) is 56.3 Å². The molecule has 0 saturated heterocycles. The second-order valence-corrected chi connectivity index (χ2v) is 5.43. The van der Waals surface area contributed by atoms with Crippen LogP contribution in [0.3, 0.4) is 0 Å². The summed E-state index contributed by atoms with van der Waals surface area (Å²) in [7, 11) is 0. The molecule has 0 aliphatic heterocycles. The lowest BCUT2D eigenvalue weighted by Crippen LogP contribution is -2.34. The first kappa shape index (κ1) is 17.4. The van der Waals surface area contributed by atoms with Crippen molar-refractivity contribution < 1.29 is 9.72 Å². The third-order valence-electron chi connectivity index (χ3n) is 3.29. The first-order chi connectivity index (χ1) is 9.99. The minimum atomic E-state index is -0.564. The van der Waals surface area contributed by atoms with Crippen molar-refractivity contribution in [3.8, 4) is 0 Å². The minimum absolute atomic E-state index is 0.0201. The lowest BCUT2D eigenvalue weighted by Gasteiger charge is -2.18. The van der Waals surface area contributed by atoms with Crippen LogP contribution in [0, 0.1) is 10.1 Å². The molecule has 1 aromatic rings. The van der Waals surface area contributed by atoms with Crippen LogP contribution in [0.25, 0.3) is 0 Å². The van der Waals surface area contributed by atoms with Crippen molar-refractivity contribution in [2.75, 3.05) is 0 Å². The van der Waals surface area contributed by atoms with Gasteiger partial charge in [0.2, 0.25) is 0 Å². The number of nitrogens with zero attached hydrogens (tertiary/aromatic N) is 1. The summed E-state index contributed by atoms with van der Waals surface area (Å²) >= 11 is 5.83. The van der Waals surface area contributed by atoms with E-state index in [2.05, 4.69) is 19.2 Å². The van der Waals surface area contributed by atoms with E-state index in [0.29, 0.717) is 5.56 Å². The molecule has 0 fully saturated rings. The molecule has 0 aliphatic carbocycles. The smallest absolute Gasteiger partial charge is 0.287 e.